The largest absolute Gasteiger partial charge is 0.393 e. The predicted octanol–water partition coefficient (Wildman–Crippen LogP) is 1.86. The van der Waals surface area contributed by atoms with Gasteiger partial charge in [-0.2, -0.15) is 0 Å². The average molecular weight is 194 g/mol. The molecule has 0 saturated carbocycles. The minimum absolute atomic E-state index is 0.288. The van der Waals surface area contributed by atoms with Crippen molar-refractivity contribution in [2.24, 2.45) is 0 Å². The number of hydrogen-bond donors (Lipinski definition) is 2. The maximum Gasteiger partial charge on any atom is 0.141 e. The predicted molar refractivity (Wildman–Crippen MR) is 54.8 cm³/mol. The van der Waals surface area contributed by atoms with Crippen molar-refractivity contribution in [1.29, 1.82) is 0 Å². The lowest BCUT2D eigenvalue weighted by atomic mass is 10.0. The Balaban J connectivity index is 2.83. The van der Waals surface area contributed by atoms with E-state index in [0.29, 0.717) is 5.57 Å². The molecule has 0 amide bonds. The van der Waals surface area contributed by atoms with E-state index in [1.807, 2.05) is 31.2 Å². The Morgan fingerprint density at radius 2 is 2.00 bits per heavy atom. The zero-order chi connectivity index (χ0) is 10.6. The summed E-state index contributed by atoms with van der Waals surface area (Å²) in [6.45, 7) is 5.45. The Kier molecular flexibility index (Phi) is 3.83. The van der Waals surface area contributed by atoms with Gasteiger partial charge in [-0.05, 0) is 18.1 Å². The molecule has 0 bridgehead atoms. The summed E-state index contributed by atoms with van der Waals surface area (Å²) in [6.07, 6.45) is -0.752. The summed E-state index contributed by atoms with van der Waals surface area (Å²) >= 11 is 0. The van der Waals surface area contributed by atoms with E-state index in [2.05, 4.69) is 11.5 Å². The van der Waals surface area contributed by atoms with Crippen molar-refractivity contribution in [3.8, 4) is 0 Å². The number of aliphatic hydroxyl groups excluding tert-OH is 1. The fourth-order valence-corrected chi connectivity index (χ4v) is 1.16. The molecule has 0 fully saturated rings. The highest BCUT2D eigenvalue weighted by Crippen LogP contribution is 2.18. The molecule has 0 aliphatic rings. The number of benzene rings is 1. The van der Waals surface area contributed by atoms with Gasteiger partial charge < -0.3 is 5.11 Å². The molecule has 1 aromatic rings. The zero-order valence-corrected chi connectivity index (χ0v) is 8.10. The monoisotopic (exact) mass is 194 g/mol. The molecule has 1 aromatic carbocycles. The van der Waals surface area contributed by atoms with Gasteiger partial charge in [0, 0.05) is 0 Å². The normalized spacial score (nSPS) is 12.5. The molecule has 1 atom stereocenters. The van der Waals surface area contributed by atoms with Crippen LogP contribution in [0.25, 0.3) is 5.57 Å². The third kappa shape index (κ3) is 2.42. The van der Waals surface area contributed by atoms with Crippen molar-refractivity contribution in [3.05, 3.63) is 42.0 Å². The number of rotatable bonds is 4. The Labute approximate surface area is 83.2 Å². The van der Waals surface area contributed by atoms with E-state index in [1.54, 1.807) is 0 Å². The summed E-state index contributed by atoms with van der Waals surface area (Å²) < 4.78 is 0. The van der Waals surface area contributed by atoms with Crippen LogP contribution < -0.4 is 0 Å². The van der Waals surface area contributed by atoms with Gasteiger partial charge in [0.1, 0.15) is 6.10 Å². The van der Waals surface area contributed by atoms with Crippen LogP contribution in [0.1, 0.15) is 11.1 Å². The molecule has 2 N–H and O–H groups in total. The third-order valence-corrected chi connectivity index (χ3v) is 2.10. The van der Waals surface area contributed by atoms with E-state index in [9.17, 15) is 0 Å². The van der Waals surface area contributed by atoms with Gasteiger partial charge in [-0.1, -0.05) is 36.4 Å². The summed E-state index contributed by atoms with van der Waals surface area (Å²) in [5.41, 5.74) is 2.56. The Morgan fingerprint density at radius 3 is 2.43 bits per heavy atom. The molecule has 0 saturated heterocycles. The molecule has 0 spiro atoms. The van der Waals surface area contributed by atoms with Crippen molar-refractivity contribution >= 4 is 5.57 Å². The van der Waals surface area contributed by atoms with Crippen LogP contribution in [0.3, 0.4) is 0 Å². The van der Waals surface area contributed by atoms with Gasteiger partial charge in [-0.25, -0.2) is 4.89 Å². The lowest BCUT2D eigenvalue weighted by Crippen LogP contribution is -2.17. The Hall–Kier alpha value is -1.16. The first-order valence-electron chi connectivity index (χ1n) is 4.36. The molecule has 3 heteroatoms. The lowest BCUT2D eigenvalue weighted by molar-refractivity contribution is -0.268. The first kappa shape index (κ1) is 10.9. The molecular weight excluding hydrogens is 180 g/mol. The maximum absolute atomic E-state index is 8.87. The highest BCUT2D eigenvalue weighted by molar-refractivity contribution is 5.66. The van der Waals surface area contributed by atoms with Crippen LogP contribution in [-0.4, -0.2) is 23.1 Å². The quantitative estimate of drug-likeness (QED) is 0.568. The standard InChI is InChI=1S/C11H14O3/c1-8-3-5-10(6-4-8)9(2)11(7-12)14-13/h3-6,11-13H,2,7H2,1H3. The van der Waals surface area contributed by atoms with Crippen LogP contribution in [-0.2, 0) is 4.89 Å². The van der Waals surface area contributed by atoms with Crippen LogP contribution in [0.4, 0.5) is 0 Å². The van der Waals surface area contributed by atoms with Gasteiger partial charge in [0.2, 0.25) is 0 Å². The van der Waals surface area contributed by atoms with Crippen LogP contribution in [0.5, 0.6) is 0 Å². The fraction of sp³-hybridized carbons (Fsp3) is 0.273. The molecule has 1 rings (SSSR count). The minimum Gasteiger partial charge on any atom is -0.393 e. The highest BCUT2D eigenvalue weighted by atomic mass is 17.1. The molecule has 0 radical (unpaired) electrons. The van der Waals surface area contributed by atoms with Crippen molar-refractivity contribution < 1.29 is 15.3 Å². The van der Waals surface area contributed by atoms with Gasteiger partial charge in [-0.15, -0.1) is 0 Å². The van der Waals surface area contributed by atoms with Crippen LogP contribution in [0, 0.1) is 6.92 Å². The van der Waals surface area contributed by atoms with E-state index >= 15 is 0 Å². The second-order valence-electron chi connectivity index (χ2n) is 3.17. The minimum atomic E-state index is -0.752. The van der Waals surface area contributed by atoms with Crippen molar-refractivity contribution in [1.82, 2.24) is 0 Å². The molecule has 0 heterocycles. The van der Waals surface area contributed by atoms with E-state index < -0.39 is 6.10 Å². The SMILES string of the molecule is C=C(c1ccc(C)cc1)C(CO)OO. The van der Waals surface area contributed by atoms with Crippen molar-refractivity contribution in [2.45, 2.75) is 13.0 Å². The van der Waals surface area contributed by atoms with Gasteiger partial charge in [-0.3, -0.25) is 5.26 Å². The Morgan fingerprint density at radius 1 is 1.43 bits per heavy atom. The second kappa shape index (κ2) is 4.91. The first-order chi connectivity index (χ1) is 6.69. The van der Waals surface area contributed by atoms with E-state index in [1.165, 1.54) is 0 Å². The van der Waals surface area contributed by atoms with Crippen molar-refractivity contribution in [2.75, 3.05) is 6.61 Å². The highest BCUT2D eigenvalue weighted by Gasteiger charge is 2.13. The summed E-state index contributed by atoms with van der Waals surface area (Å²) in [7, 11) is 0. The number of aliphatic hydroxyl groups is 1. The number of hydrogen-bond acceptors (Lipinski definition) is 3. The summed E-state index contributed by atoms with van der Waals surface area (Å²) in [6, 6.07) is 7.62. The smallest absolute Gasteiger partial charge is 0.141 e. The molecule has 14 heavy (non-hydrogen) atoms. The summed E-state index contributed by atoms with van der Waals surface area (Å²) in [5.74, 6) is 0. The van der Waals surface area contributed by atoms with Crippen LogP contribution >= 0.6 is 0 Å². The van der Waals surface area contributed by atoms with Gasteiger partial charge in [0.05, 0.1) is 6.61 Å². The van der Waals surface area contributed by atoms with E-state index in [-0.39, 0.29) is 6.61 Å². The molecule has 1 unspecified atom stereocenters. The lowest BCUT2D eigenvalue weighted by Gasteiger charge is -2.13. The van der Waals surface area contributed by atoms with Gasteiger partial charge in [0.25, 0.3) is 0 Å². The summed E-state index contributed by atoms with van der Waals surface area (Å²) in [5, 5.41) is 17.4. The maximum atomic E-state index is 8.87. The Bertz CT molecular complexity index is 299. The van der Waals surface area contributed by atoms with Crippen LogP contribution in [0.2, 0.25) is 0 Å². The van der Waals surface area contributed by atoms with E-state index in [0.717, 1.165) is 11.1 Å². The first-order valence-corrected chi connectivity index (χ1v) is 4.36. The molecule has 0 aromatic heterocycles. The zero-order valence-electron chi connectivity index (χ0n) is 8.10. The molecule has 0 aliphatic heterocycles. The third-order valence-electron chi connectivity index (χ3n) is 2.10. The van der Waals surface area contributed by atoms with Gasteiger partial charge in [0.15, 0.2) is 0 Å². The molecule has 3 nitrogen and oxygen atoms in total. The summed E-state index contributed by atoms with van der Waals surface area (Å²) in [4.78, 5) is 4.10. The molecule has 0 aliphatic carbocycles. The topological polar surface area (TPSA) is 49.7 Å². The number of aryl methyl sites for hydroxylation is 1. The van der Waals surface area contributed by atoms with Crippen molar-refractivity contribution in [3.63, 3.8) is 0 Å². The van der Waals surface area contributed by atoms with Gasteiger partial charge >= 0.3 is 0 Å². The molecular formula is C11H14O3. The molecule has 76 valence electrons. The average Bonchev–Trinajstić information content (AvgIpc) is 2.20. The van der Waals surface area contributed by atoms with Crippen LogP contribution in [0.15, 0.2) is 30.8 Å². The fourth-order valence-electron chi connectivity index (χ4n) is 1.16. The second-order valence-corrected chi connectivity index (χ2v) is 3.17. The van der Waals surface area contributed by atoms with E-state index in [4.69, 9.17) is 10.4 Å².